The van der Waals surface area contributed by atoms with Gasteiger partial charge in [0.25, 0.3) is 0 Å². The molecule has 206 valence electrons. The number of aromatic nitrogens is 3. The number of nitriles is 1. The maximum Gasteiger partial charge on any atom is 0.335 e. The largest absolute Gasteiger partial charge is 0.478 e. The molecule has 0 spiro atoms. The number of hydrogen-bond donors (Lipinski definition) is 1. The summed E-state index contributed by atoms with van der Waals surface area (Å²) in [6, 6.07) is 24.5. The number of carboxylic acids is 1. The summed E-state index contributed by atoms with van der Waals surface area (Å²) in [5.41, 5.74) is 4.90. The van der Waals surface area contributed by atoms with E-state index in [1.165, 1.54) is 12.1 Å². The Hall–Kier alpha value is -5.07. The van der Waals surface area contributed by atoms with Crippen molar-refractivity contribution in [1.29, 1.82) is 5.26 Å². The minimum Gasteiger partial charge on any atom is -0.478 e. The minimum absolute atomic E-state index is 0.0114. The molecule has 0 aliphatic rings. The highest BCUT2D eigenvalue weighted by molar-refractivity contribution is 5.92. The summed E-state index contributed by atoms with van der Waals surface area (Å²) in [4.78, 5) is 21.0. The summed E-state index contributed by atoms with van der Waals surface area (Å²) < 4.78 is 27.3. The van der Waals surface area contributed by atoms with Crippen LogP contribution in [0.2, 0.25) is 0 Å². The number of rotatable bonds is 10. The second-order valence-electron chi connectivity index (χ2n) is 9.53. The Balaban J connectivity index is 1.36. The van der Waals surface area contributed by atoms with Crippen LogP contribution < -0.4 is 4.74 Å². The van der Waals surface area contributed by atoms with Gasteiger partial charge in [-0.2, -0.15) is 5.26 Å². The van der Waals surface area contributed by atoms with E-state index >= 15 is 0 Å². The number of halogens is 1. The van der Waals surface area contributed by atoms with Gasteiger partial charge in [0.15, 0.2) is 0 Å². The summed E-state index contributed by atoms with van der Waals surface area (Å²) in [6.07, 6.45) is 0. The van der Waals surface area contributed by atoms with E-state index in [1.54, 1.807) is 37.4 Å². The zero-order valence-electron chi connectivity index (χ0n) is 22.5. The molecule has 2 aromatic heterocycles. The number of imidazole rings is 1. The van der Waals surface area contributed by atoms with Crippen LogP contribution in [-0.2, 0) is 17.9 Å². The summed E-state index contributed by atoms with van der Waals surface area (Å²) >= 11 is 0. The maximum absolute atomic E-state index is 14.2. The number of carbonyl (C=O) groups is 1. The fourth-order valence-electron chi connectivity index (χ4n) is 4.66. The van der Waals surface area contributed by atoms with Gasteiger partial charge in [-0.15, -0.1) is 0 Å². The van der Waals surface area contributed by atoms with Gasteiger partial charge < -0.3 is 19.1 Å². The molecule has 5 rings (SSSR count). The third kappa shape index (κ3) is 5.93. The molecule has 0 aliphatic heterocycles. The van der Waals surface area contributed by atoms with Crippen LogP contribution in [0.4, 0.5) is 4.39 Å². The molecule has 1 N–H and O–H groups in total. The molecule has 0 fully saturated rings. The molecule has 1 atom stereocenters. The third-order valence-electron chi connectivity index (χ3n) is 6.92. The number of fused-ring (bicyclic) bond motifs is 1. The first-order valence-electron chi connectivity index (χ1n) is 13.0. The molecule has 0 aliphatic carbocycles. The van der Waals surface area contributed by atoms with E-state index in [2.05, 4.69) is 11.9 Å². The van der Waals surface area contributed by atoms with Crippen molar-refractivity contribution in [3.8, 4) is 23.2 Å². The molecule has 2 heterocycles. The van der Waals surface area contributed by atoms with E-state index in [9.17, 15) is 14.3 Å². The molecule has 1 unspecified atom stereocenters. The van der Waals surface area contributed by atoms with Gasteiger partial charge in [0.1, 0.15) is 18.2 Å². The predicted octanol–water partition coefficient (Wildman–Crippen LogP) is 6.18. The minimum atomic E-state index is -0.985. The lowest BCUT2D eigenvalue weighted by molar-refractivity contribution is 0.0697. The van der Waals surface area contributed by atoms with E-state index in [-0.39, 0.29) is 23.7 Å². The van der Waals surface area contributed by atoms with Crippen LogP contribution in [0, 0.1) is 17.1 Å². The lowest BCUT2D eigenvalue weighted by Gasteiger charge is -2.16. The number of methoxy groups -OCH3 is 1. The van der Waals surface area contributed by atoms with Gasteiger partial charge in [-0.3, -0.25) is 0 Å². The fraction of sp³-hybridized carbons (Fsp3) is 0.188. The van der Waals surface area contributed by atoms with Crippen molar-refractivity contribution in [1.82, 2.24) is 14.5 Å². The third-order valence-corrected chi connectivity index (χ3v) is 6.92. The summed E-state index contributed by atoms with van der Waals surface area (Å²) in [5.74, 6) is -0.386. The number of carboxylic acid groups (broad SMARTS) is 1. The highest BCUT2D eigenvalue weighted by atomic mass is 19.1. The number of pyridine rings is 1. The van der Waals surface area contributed by atoms with E-state index in [0.29, 0.717) is 30.3 Å². The van der Waals surface area contributed by atoms with Crippen LogP contribution in [0.3, 0.4) is 0 Å². The van der Waals surface area contributed by atoms with Gasteiger partial charge in [-0.25, -0.2) is 19.2 Å². The van der Waals surface area contributed by atoms with Gasteiger partial charge in [-0.1, -0.05) is 43.3 Å². The van der Waals surface area contributed by atoms with Gasteiger partial charge in [0, 0.05) is 36.8 Å². The molecule has 0 amide bonds. The van der Waals surface area contributed by atoms with E-state index < -0.39 is 11.8 Å². The first kappa shape index (κ1) is 27.5. The number of nitrogens with zero attached hydrogens (tertiary/aromatic N) is 4. The van der Waals surface area contributed by atoms with Crippen LogP contribution in [0.1, 0.15) is 45.7 Å². The molecule has 0 saturated carbocycles. The smallest absolute Gasteiger partial charge is 0.335 e. The Morgan fingerprint density at radius 3 is 2.59 bits per heavy atom. The van der Waals surface area contributed by atoms with Crippen molar-refractivity contribution in [2.24, 2.45) is 0 Å². The maximum atomic E-state index is 14.2. The normalized spacial score (nSPS) is 11.8. The Morgan fingerprint density at radius 2 is 1.88 bits per heavy atom. The standard InChI is InChI=1S/C32H27FN4O4/c1-20(31-36-28-13-12-24(32(38)39)17-29(28)37(31)14-15-40-2)22-8-10-23(11-9-22)27-4-3-5-30(35-27)41-19-25-7-6-21(18-34)16-26(25)33/h3-13,16-17,20H,14-15,19H2,1-2H3,(H,38,39). The quantitative estimate of drug-likeness (QED) is 0.221. The van der Waals surface area contributed by atoms with Crippen LogP contribution in [-0.4, -0.2) is 39.3 Å². The monoisotopic (exact) mass is 550 g/mol. The summed E-state index contributed by atoms with van der Waals surface area (Å²) in [7, 11) is 1.63. The van der Waals surface area contributed by atoms with Crippen LogP contribution in [0.25, 0.3) is 22.3 Å². The Labute approximate surface area is 236 Å². The summed E-state index contributed by atoms with van der Waals surface area (Å²) in [6.45, 7) is 3.05. The fourth-order valence-corrected chi connectivity index (χ4v) is 4.66. The highest BCUT2D eigenvalue weighted by Gasteiger charge is 2.20. The molecule has 3 aromatic carbocycles. The van der Waals surface area contributed by atoms with E-state index in [0.717, 1.165) is 28.0 Å². The van der Waals surface area contributed by atoms with Crippen molar-refractivity contribution < 1.29 is 23.8 Å². The van der Waals surface area contributed by atoms with Crippen LogP contribution >= 0.6 is 0 Å². The van der Waals surface area contributed by atoms with Crippen molar-refractivity contribution in [3.05, 3.63) is 113 Å². The topological polar surface area (TPSA) is 110 Å². The molecule has 8 nitrogen and oxygen atoms in total. The van der Waals surface area contributed by atoms with Crippen molar-refractivity contribution in [2.75, 3.05) is 13.7 Å². The molecule has 0 radical (unpaired) electrons. The first-order valence-corrected chi connectivity index (χ1v) is 13.0. The van der Waals surface area contributed by atoms with E-state index in [1.807, 2.05) is 47.0 Å². The molecule has 41 heavy (non-hydrogen) atoms. The number of aromatic carboxylic acids is 1. The molecule has 0 saturated heterocycles. The average Bonchev–Trinajstić information content (AvgIpc) is 3.36. The van der Waals surface area contributed by atoms with Gasteiger partial charge in [0.2, 0.25) is 5.88 Å². The number of ether oxygens (including phenoxy) is 2. The molecular weight excluding hydrogens is 523 g/mol. The lowest BCUT2D eigenvalue weighted by Crippen LogP contribution is -2.11. The van der Waals surface area contributed by atoms with Crippen LogP contribution in [0.5, 0.6) is 5.88 Å². The molecule has 9 heteroatoms. The predicted molar refractivity (Wildman–Crippen MR) is 151 cm³/mol. The zero-order valence-corrected chi connectivity index (χ0v) is 22.5. The first-order chi connectivity index (χ1) is 19.9. The van der Waals surface area contributed by atoms with Crippen molar-refractivity contribution in [2.45, 2.75) is 26.0 Å². The highest BCUT2D eigenvalue weighted by Crippen LogP contribution is 2.30. The summed E-state index contributed by atoms with van der Waals surface area (Å²) in [5, 5.41) is 18.4. The molecular formula is C32H27FN4O4. The second-order valence-corrected chi connectivity index (χ2v) is 9.53. The lowest BCUT2D eigenvalue weighted by atomic mass is 9.98. The van der Waals surface area contributed by atoms with E-state index in [4.69, 9.17) is 19.7 Å². The average molecular weight is 551 g/mol. The second kappa shape index (κ2) is 12.0. The number of benzene rings is 3. The number of hydrogen-bond acceptors (Lipinski definition) is 6. The molecule has 5 aromatic rings. The zero-order chi connectivity index (χ0) is 28.9. The van der Waals surface area contributed by atoms with Gasteiger partial charge in [0.05, 0.1) is 40.5 Å². The van der Waals surface area contributed by atoms with Gasteiger partial charge >= 0.3 is 5.97 Å². The SMILES string of the molecule is COCCn1c(C(C)c2ccc(-c3cccc(OCc4ccc(C#N)cc4F)n3)cc2)nc2ccc(C(=O)O)cc21. The molecule has 0 bridgehead atoms. The Kier molecular flexibility index (Phi) is 8.04. The Bertz CT molecular complexity index is 1760. The Morgan fingerprint density at radius 1 is 1.07 bits per heavy atom. The van der Waals surface area contributed by atoms with Crippen molar-refractivity contribution >= 4 is 17.0 Å². The van der Waals surface area contributed by atoms with Gasteiger partial charge in [-0.05, 0) is 42.0 Å². The van der Waals surface area contributed by atoms with Crippen molar-refractivity contribution in [3.63, 3.8) is 0 Å². The van der Waals surface area contributed by atoms with Crippen LogP contribution in [0.15, 0.2) is 78.9 Å².